The molecule has 0 spiro atoms. The molecule has 5 rings (SSSR count). The first-order valence-electron chi connectivity index (χ1n) is 20.4. The minimum Gasteiger partial charge on any atom is -0.491 e. The molecular formula is C44H64ClN3O6. The topological polar surface area (TPSA) is 89.9 Å². The van der Waals surface area contributed by atoms with Gasteiger partial charge in [0.25, 0.3) is 0 Å². The monoisotopic (exact) mass is 765 g/mol. The largest absolute Gasteiger partial charge is 0.491 e. The van der Waals surface area contributed by atoms with Crippen LogP contribution in [0, 0.1) is 11.8 Å². The number of aliphatic imine (C=N–C) groups is 1. The Morgan fingerprint density at radius 1 is 0.759 bits per heavy atom. The molecule has 3 aliphatic rings. The lowest BCUT2D eigenvalue weighted by atomic mass is 9.86. The zero-order valence-electron chi connectivity index (χ0n) is 33.7. The van der Waals surface area contributed by atoms with Crippen molar-refractivity contribution in [3.8, 4) is 11.5 Å². The molecule has 3 unspecified atom stereocenters. The van der Waals surface area contributed by atoms with E-state index < -0.39 is 11.2 Å². The SMILES string of the molecule is CC(C)(C)OC(=O)N1CCCC(CCCCC2CCC(COc3ccc(Cl)cc3)=Nc3c(OCCCC4CCCN(C(=O)OC(C)(C)C)C4)cccc32)C1. The zero-order valence-corrected chi connectivity index (χ0v) is 34.4. The highest BCUT2D eigenvalue weighted by Gasteiger charge is 2.29. The Morgan fingerprint density at radius 3 is 1.96 bits per heavy atom. The molecule has 3 heterocycles. The first-order valence-corrected chi connectivity index (χ1v) is 20.8. The summed E-state index contributed by atoms with van der Waals surface area (Å²) in [5.41, 5.74) is 2.24. The number of benzene rings is 2. The van der Waals surface area contributed by atoms with Crippen molar-refractivity contribution in [3.63, 3.8) is 0 Å². The predicted molar refractivity (Wildman–Crippen MR) is 217 cm³/mol. The average Bonchev–Trinajstić information content (AvgIpc) is 3.30. The van der Waals surface area contributed by atoms with Gasteiger partial charge in [0.05, 0.1) is 12.3 Å². The van der Waals surface area contributed by atoms with Gasteiger partial charge in [0.2, 0.25) is 0 Å². The lowest BCUT2D eigenvalue weighted by Gasteiger charge is -2.34. The number of rotatable bonds is 13. The standard InChI is InChI=1S/C44H64ClN3O6/c1-43(2,3)53-41(49)47-26-10-14-32(29-47)13-7-8-17-34-20-23-36(31-52-37-24-21-35(45)22-25-37)46-40-38(34)18-9-19-39(40)51-28-12-16-33-15-11-27-48(30-33)42(50)54-44(4,5)6/h9,18-19,21-22,24-25,32-34H,7-8,10-17,20,23,26-31H2,1-6H3. The highest BCUT2D eigenvalue weighted by molar-refractivity contribution is 6.30. The summed E-state index contributed by atoms with van der Waals surface area (Å²) in [6.07, 6.45) is 12.1. The summed E-state index contributed by atoms with van der Waals surface area (Å²) >= 11 is 6.11. The Balaban J connectivity index is 1.18. The second kappa shape index (κ2) is 19.4. The molecule has 0 saturated carbocycles. The molecule has 298 valence electrons. The van der Waals surface area contributed by atoms with E-state index in [1.807, 2.05) is 81.7 Å². The Kier molecular flexibility index (Phi) is 15.0. The van der Waals surface area contributed by atoms with E-state index in [1.54, 1.807) is 0 Å². The number of carbonyl (C=O) groups excluding carboxylic acids is 2. The minimum atomic E-state index is -0.489. The molecule has 0 aromatic heterocycles. The number of hydrogen-bond acceptors (Lipinski definition) is 7. The van der Waals surface area contributed by atoms with Crippen molar-refractivity contribution in [1.82, 2.24) is 9.80 Å². The van der Waals surface area contributed by atoms with Crippen LogP contribution in [-0.2, 0) is 9.47 Å². The number of likely N-dealkylation sites (tertiary alicyclic amines) is 2. The highest BCUT2D eigenvalue weighted by atomic mass is 35.5. The quantitative estimate of drug-likeness (QED) is 0.189. The second-order valence-electron chi connectivity index (χ2n) is 17.5. The van der Waals surface area contributed by atoms with E-state index in [2.05, 4.69) is 12.1 Å². The predicted octanol–water partition coefficient (Wildman–Crippen LogP) is 11.4. The number of nitrogens with zero attached hydrogens (tertiary/aromatic N) is 3. The maximum absolute atomic E-state index is 12.7. The van der Waals surface area contributed by atoms with Gasteiger partial charge in [0.1, 0.15) is 35.0 Å². The van der Waals surface area contributed by atoms with Gasteiger partial charge in [-0.1, -0.05) is 36.6 Å². The number of fused-ring (bicyclic) bond motifs is 1. The molecule has 3 aliphatic heterocycles. The Morgan fingerprint density at radius 2 is 1.35 bits per heavy atom. The van der Waals surface area contributed by atoms with Crippen LogP contribution in [0.25, 0.3) is 0 Å². The summed E-state index contributed by atoms with van der Waals surface area (Å²) in [6.45, 7) is 15.6. The average molecular weight is 766 g/mol. The lowest BCUT2D eigenvalue weighted by Crippen LogP contribution is -2.42. The van der Waals surface area contributed by atoms with Crippen LogP contribution in [0.1, 0.15) is 130 Å². The van der Waals surface area contributed by atoms with Crippen LogP contribution in [0.15, 0.2) is 47.5 Å². The number of ether oxygens (including phenoxy) is 4. The Bertz CT molecular complexity index is 1550. The molecule has 0 radical (unpaired) electrons. The molecule has 0 N–H and O–H groups in total. The molecule has 9 nitrogen and oxygen atoms in total. The van der Waals surface area contributed by atoms with Crippen molar-refractivity contribution in [3.05, 3.63) is 53.1 Å². The summed E-state index contributed by atoms with van der Waals surface area (Å²) in [6, 6.07) is 13.9. The molecule has 2 amide bonds. The van der Waals surface area contributed by atoms with Crippen LogP contribution in [0.5, 0.6) is 11.5 Å². The molecule has 2 aromatic rings. The summed E-state index contributed by atoms with van der Waals surface area (Å²) < 4.78 is 24.0. The third-order valence-electron chi connectivity index (χ3n) is 10.5. The first kappa shape index (κ1) is 41.7. The van der Waals surface area contributed by atoms with E-state index in [-0.39, 0.29) is 12.2 Å². The van der Waals surface area contributed by atoms with Gasteiger partial charge in [0.15, 0.2) is 0 Å². The Labute approximate surface area is 329 Å². The van der Waals surface area contributed by atoms with Crippen molar-refractivity contribution in [2.24, 2.45) is 16.8 Å². The summed E-state index contributed by atoms with van der Waals surface area (Å²) in [7, 11) is 0. The molecule has 2 aromatic carbocycles. The lowest BCUT2D eigenvalue weighted by molar-refractivity contribution is 0.0150. The van der Waals surface area contributed by atoms with E-state index >= 15 is 0 Å². The highest BCUT2D eigenvalue weighted by Crippen LogP contribution is 2.43. The number of unbranched alkanes of at least 4 members (excludes halogenated alkanes) is 1. The van der Waals surface area contributed by atoms with E-state index in [0.717, 1.165) is 120 Å². The first-order chi connectivity index (χ1) is 25.7. The molecule has 0 aliphatic carbocycles. The van der Waals surface area contributed by atoms with E-state index in [4.69, 9.17) is 35.5 Å². The summed E-state index contributed by atoms with van der Waals surface area (Å²) in [5, 5.41) is 0.681. The minimum absolute atomic E-state index is 0.185. The number of halogens is 1. The van der Waals surface area contributed by atoms with Crippen molar-refractivity contribution < 1.29 is 28.5 Å². The van der Waals surface area contributed by atoms with Crippen molar-refractivity contribution in [2.75, 3.05) is 39.4 Å². The van der Waals surface area contributed by atoms with Gasteiger partial charge >= 0.3 is 12.2 Å². The summed E-state index contributed by atoms with van der Waals surface area (Å²) in [4.78, 5) is 34.4. The maximum Gasteiger partial charge on any atom is 0.410 e. The zero-order chi connectivity index (χ0) is 38.7. The van der Waals surface area contributed by atoms with Crippen molar-refractivity contribution in [1.29, 1.82) is 0 Å². The molecule has 0 bridgehead atoms. The van der Waals surface area contributed by atoms with Gasteiger partial charge in [-0.05, 0) is 159 Å². The van der Waals surface area contributed by atoms with Gasteiger partial charge in [-0.3, -0.25) is 4.99 Å². The van der Waals surface area contributed by atoms with Crippen LogP contribution in [0.3, 0.4) is 0 Å². The maximum atomic E-state index is 12.7. The fraction of sp³-hybridized carbons (Fsp3) is 0.659. The van der Waals surface area contributed by atoms with Gasteiger partial charge in [-0.2, -0.15) is 0 Å². The third-order valence-corrected chi connectivity index (χ3v) is 10.8. The smallest absolute Gasteiger partial charge is 0.410 e. The van der Waals surface area contributed by atoms with Crippen molar-refractivity contribution >= 4 is 35.2 Å². The number of carbonyl (C=O) groups is 2. The van der Waals surface area contributed by atoms with Crippen LogP contribution in [0.4, 0.5) is 15.3 Å². The van der Waals surface area contributed by atoms with E-state index in [1.165, 1.54) is 12.0 Å². The molecule has 2 saturated heterocycles. The van der Waals surface area contributed by atoms with Crippen LogP contribution >= 0.6 is 11.6 Å². The summed E-state index contributed by atoms with van der Waals surface area (Å²) in [5.74, 6) is 2.92. The molecule has 3 atom stereocenters. The van der Waals surface area contributed by atoms with Gasteiger partial charge in [-0.15, -0.1) is 0 Å². The number of piperidine rings is 2. The number of para-hydroxylation sites is 1. The van der Waals surface area contributed by atoms with Crippen LogP contribution in [0.2, 0.25) is 5.02 Å². The normalized spacial score (nSPS) is 20.7. The van der Waals surface area contributed by atoms with Crippen molar-refractivity contribution in [2.45, 2.75) is 136 Å². The molecule has 10 heteroatoms. The molecule has 54 heavy (non-hydrogen) atoms. The van der Waals surface area contributed by atoms with E-state index in [9.17, 15) is 9.59 Å². The fourth-order valence-electron chi connectivity index (χ4n) is 7.88. The third kappa shape index (κ3) is 13.4. The van der Waals surface area contributed by atoms with Gasteiger partial charge < -0.3 is 28.7 Å². The van der Waals surface area contributed by atoms with Crippen LogP contribution in [-0.4, -0.2) is 78.3 Å². The Hall–Kier alpha value is -3.46. The fourth-order valence-corrected chi connectivity index (χ4v) is 8.01. The van der Waals surface area contributed by atoms with E-state index in [0.29, 0.717) is 36.0 Å². The van der Waals surface area contributed by atoms with Gasteiger partial charge in [-0.25, -0.2) is 9.59 Å². The number of amides is 2. The second-order valence-corrected chi connectivity index (χ2v) is 17.9. The molecule has 2 fully saturated rings. The number of hydrogen-bond donors (Lipinski definition) is 0. The molecular weight excluding hydrogens is 702 g/mol. The van der Waals surface area contributed by atoms with Gasteiger partial charge in [0, 0.05) is 31.2 Å². The van der Waals surface area contributed by atoms with Crippen LogP contribution < -0.4 is 9.47 Å².